The van der Waals surface area contributed by atoms with Gasteiger partial charge in [0.2, 0.25) is 0 Å². The molecule has 2 heterocycles. The van der Waals surface area contributed by atoms with Gasteiger partial charge in [0.25, 0.3) is 0 Å². The van der Waals surface area contributed by atoms with Crippen LogP contribution in [-0.4, -0.2) is 79.5 Å². The topological polar surface area (TPSA) is 60.3 Å². The molecule has 1 saturated heterocycles. The maximum absolute atomic E-state index is 10.1. The van der Waals surface area contributed by atoms with Gasteiger partial charge in [-0.3, -0.25) is 9.89 Å². The van der Waals surface area contributed by atoms with Gasteiger partial charge in [-0.15, -0.1) is 11.3 Å². The van der Waals surface area contributed by atoms with Crippen molar-refractivity contribution >= 4 is 28.9 Å². The van der Waals surface area contributed by atoms with Gasteiger partial charge in [0, 0.05) is 50.8 Å². The Morgan fingerprint density at radius 3 is 2.78 bits per heavy atom. The first-order valence-corrected chi connectivity index (χ1v) is 11.1. The van der Waals surface area contributed by atoms with Crippen molar-refractivity contribution in [3.63, 3.8) is 0 Å². The van der Waals surface area contributed by atoms with Crippen molar-refractivity contribution in [2.45, 2.75) is 32.4 Å². The Balaban J connectivity index is 1.42. The standard InChI is InChI=1S/C19H31ClN4O2S/c1-2-21-19(22-11-16(25)14-26-13-15-3-4-15)24-9-7-23(8-10-24)12-17-5-6-18(20)27-17/h5-6,15-16,25H,2-4,7-14H2,1H3,(H,21,22). The first-order valence-electron chi connectivity index (χ1n) is 9.89. The van der Waals surface area contributed by atoms with Gasteiger partial charge in [-0.25, -0.2) is 0 Å². The summed E-state index contributed by atoms with van der Waals surface area (Å²) >= 11 is 7.68. The number of aliphatic hydroxyl groups excluding tert-OH is 1. The van der Waals surface area contributed by atoms with E-state index in [9.17, 15) is 5.11 Å². The SMILES string of the molecule is CCNC(=NCC(O)COCC1CC1)N1CCN(Cc2ccc(Cl)s2)CC1. The Hall–Kier alpha value is -0.860. The van der Waals surface area contributed by atoms with Crippen LogP contribution in [0.3, 0.4) is 0 Å². The number of thiophene rings is 1. The van der Waals surface area contributed by atoms with Gasteiger partial charge >= 0.3 is 0 Å². The van der Waals surface area contributed by atoms with Gasteiger partial charge in [0.1, 0.15) is 0 Å². The van der Waals surface area contributed by atoms with Gasteiger partial charge in [0.05, 0.1) is 23.6 Å². The second-order valence-electron chi connectivity index (χ2n) is 7.30. The first-order chi connectivity index (χ1) is 13.1. The van der Waals surface area contributed by atoms with Crippen LogP contribution >= 0.6 is 22.9 Å². The lowest BCUT2D eigenvalue weighted by Gasteiger charge is -2.36. The molecule has 0 spiro atoms. The highest BCUT2D eigenvalue weighted by Gasteiger charge is 2.22. The van der Waals surface area contributed by atoms with Crippen molar-refractivity contribution in [1.29, 1.82) is 0 Å². The molecule has 1 saturated carbocycles. The first kappa shape index (κ1) is 20.9. The van der Waals surface area contributed by atoms with Crippen LogP contribution in [0, 0.1) is 5.92 Å². The quantitative estimate of drug-likeness (QED) is 0.479. The molecule has 0 amide bonds. The van der Waals surface area contributed by atoms with Gasteiger partial charge in [-0.05, 0) is 37.8 Å². The van der Waals surface area contributed by atoms with E-state index in [4.69, 9.17) is 16.3 Å². The molecule has 3 rings (SSSR count). The summed E-state index contributed by atoms with van der Waals surface area (Å²) in [6, 6.07) is 4.07. The highest BCUT2D eigenvalue weighted by molar-refractivity contribution is 7.16. The summed E-state index contributed by atoms with van der Waals surface area (Å²) in [5.41, 5.74) is 0. The van der Waals surface area contributed by atoms with Crippen molar-refractivity contribution in [3.05, 3.63) is 21.3 Å². The monoisotopic (exact) mass is 414 g/mol. The van der Waals surface area contributed by atoms with Crippen LogP contribution in [0.1, 0.15) is 24.6 Å². The second-order valence-corrected chi connectivity index (χ2v) is 9.10. The van der Waals surface area contributed by atoms with Crippen LogP contribution in [0.4, 0.5) is 0 Å². The minimum absolute atomic E-state index is 0.372. The zero-order chi connectivity index (χ0) is 19.1. The number of aliphatic imine (C=N–C) groups is 1. The molecule has 2 N–H and O–H groups in total. The summed E-state index contributed by atoms with van der Waals surface area (Å²) in [5.74, 6) is 1.61. The van der Waals surface area contributed by atoms with E-state index >= 15 is 0 Å². The summed E-state index contributed by atoms with van der Waals surface area (Å²) in [7, 11) is 0. The lowest BCUT2D eigenvalue weighted by Crippen LogP contribution is -2.52. The van der Waals surface area contributed by atoms with Crippen molar-refractivity contribution in [1.82, 2.24) is 15.1 Å². The number of hydrogen-bond acceptors (Lipinski definition) is 5. The van der Waals surface area contributed by atoms with Gasteiger partial charge in [-0.2, -0.15) is 0 Å². The van der Waals surface area contributed by atoms with Gasteiger partial charge < -0.3 is 20.1 Å². The molecule has 1 atom stereocenters. The molecule has 1 aromatic heterocycles. The predicted octanol–water partition coefficient (Wildman–Crippen LogP) is 2.27. The van der Waals surface area contributed by atoms with Crippen LogP contribution in [-0.2, 0) is 11.3 Å². The molecule has 2 fully saturated rings. The summed E-state index contributed by atoms with van der Waals surface area (Å²) in [5, 5.41) is 13.5. The number of guanidine groups is 1. The van der Waals surface area contributed by atoms with E-state index < -0.39 is 6.10 Å². The average Bonchev–Trinajstić information content (AvgIpc) is 3.40. The van der Waals surface area contributed by atoms with Crippen molar-refractivity contribution in [2.24, 2.45) is 10.9 Å². The number of halogens is 1. The minimum atomic E-state index is -0.540. The normalized spacial score (nSPS) is 20.1. The third-order valence-electron chi connectivity index (χ3n) is 4.83. The molecule has 1 aliphatic carbocycles. The Labute approximate surface area is 171 Å². The van der Waals surface area contributed by atoms with Crippen molar-refractivity contribution < 1.29 is 9.84 Å². The van der Waals surface area contributed by atoms with Gasteiger partial charge in [-0.1, -0.05) is 11.6 Å². The summed E-state index contributed by atoms with van der Waals surface area (Å²) < 4.78 is 6.41. The average molecular weight is 415 g/mol. The molecule has 6 nitrogen and oxygen atoms in total. The van der Waals surface area contributed by atoms with Crippen molar-refractivity contribution in [2.75, 3.05) is 52.5 Å². The number of ether oxygens (including phenoxy) is 1. The zero-order valence-electron chi connectivity index (χ0n) is 16.1. The molecule has 0 radical (unpaired) electrons. The number of hydrogen-bond donors (Lipinski definition) is 2. The van der Waals surface area contributed by atoms with Crippen molar-refractivity contribution in [3.8, 4) is 0 Å². The lowest BCUT2D eigenvalue weighted by atomic mass is 10.3. The second kappa shape index (κ2) is 10.6. The van der Waals surface area contributed by atoms with Crippen LogP contribution in [0.15, 0.2) is 17.1 Å². The smallest absolute Gasteiger partial charge is 0.194 e. The molecule has 2 aliphatic rings. The fraction of sp³-hybridized carbons (Fsp3) is 0.737. The molecule has 152 valence electrons. The molecule has 8 heteroatoms. The Morgan fingerprint density at radius 1 is 1.37 bits per heavy atom. The minimum Gasteiger partial charge on any atom is -0.389 e. The molecule has 0 bridgehead atoms. The number of nitrogens with zero attached hydrogens (tertiary/aromatic N) is 3. The predicted molar refractivity (Wildman–Crippen MR) is 112 cm³/mol. The fourth-order valence-corrected chi connectivity index (χ4v) is 4.23. The molecule has 1 aliphatic heterocycles. The van der Waals surface area contributed by atoms with Crippen LogP contribution in [0.5, 0.6) is 0 Å². The zero-order valence-corrected chi connectivity index (χ0v) is 17.6. The Kier molecular flexibility index (Phi) is 8.21. The third-order valence-corrected chi connectivity index (χ3v) is 6.04. The number of piperazine rings is 1. The van der Waals surface area contributed by atoms with E-state index in [0.717, 1.165) is 62.1 Å². The molecule has 27 heavy (non-hydrogen) atoms. The maximum Gasteiger partial charge on any atom is 0.194 e. The number of nitrogens with one attached hydrogen (secondary N) is 1. The van der Waals surface area contributed by atoms with Crippen LogP contribution in [0.25, 0.3) is 0 Å². The Morgan fingerprint density at radius 2 is 2.15 bits per heavy atom. The van der Waals surface area contributed by atoms with E-state index in [1.54, 1.807) is 11.3 Å². The largest absolute Gasteiger partial charge is 0.389 e. The lowest BCUT2D eigenvalue weighted by molar-refractivity contribution is 0.0367. The summed E-state index contributed by atoms with van der Waals surface area (Å²) in [4.78, 5) is 10.7. The summed E-state index contributed by atoms with van der Waals surface area (Å²) in [6.07, 6.45) is 2.00. The van der Waals surface area contributed by atoms with Crippen LogP contribution in [0.2, 0.25) is 4.34 Å². The Bertz CT molecular complexity index is 600. The highest BCUT2D eigenvalue weighted by Crippen LogP contribution is 2.28. The number of aliphatic hydroxyl groups is 1. The summed E-state index contributed by atoms with van der Waals surface area (Å²) in [6.45, 7) is 9.21. The fourth-order valence-electron chi connectivity index (χ4n) is 3.10. The molecule has 0 aromatic carbocycles. The van der Waals surface area contributed by atoms with E-state index in [1.807, 2.05) is 6.07 Å². The van der Waals surface area contributed by atoms with Gasteiger partial charge in [0.15, 0.2) is 5.96 Å². The molecule has 1 unspecified atom stereocenters. The van der Waals surface area contributed by atoms with E-state index in [1.165, 1.54) is 17.7 Å². The molecular weight excluding hydrogens is 384 g/mol. The van der Waals surface area contributed by atoms with E-state index in [0.29, 0.717) is 13.2 Å². The highest BCUT2D eigenvalue weighted by atomic mass is 35.5. The molecule has 1 aromatic rings. The molecular formula is C19H31ClN4O2S. The van der Waals surface area contributed by atoms with E-state index in [-0.39, 0.29) is 0 Å². The maximum atomic E-state index is 10.1. The number of rotatable bonds is 9. The third kappa shape index (κ3) is 7.23. The van der Waals surface area contributed by atoms with E-state index in [2.05, 4.69) is 33.1 Å². The van der Waals surface area contributed by atoms with Crippen LogP contribution < -0.4 is 5.32 Å².